The molecule has 60 valence electrons. The molecule has 1 aliphatic heterocycles. The van der Waals surface area contributed by atoms with E-state index in [9.17, 15) is 0 Å². The molecule has 2 nitrogen and oxygen atoms in total. The summed E-state index contributed by atoms with van der Waals surface area (Å²) in [6, 6.07) is 0. The van der Waals surface area contributed by atoms with Gasteiger partial charge in [0.1, 0.15) is 0 Å². The monoisotopic (exact) mass is 142 g/mol. The quantitative estimate of drug-likeness (QED) is 0.454. The van der Waals surface area contributed by atoms with Crippen LogP contribution in [0.15, 0.2) is 0 Å². The predicted molar refractivity (Wildman–Crippen MR) is 43.4 cm³/mol. The van der Waals surface area contributed by atoms with Crippen molar-refractivity contribution < 1.29 is 0 Å². The second-order valence-electron chi connectivity index (χ2n) is 3.14. The fourth-order valence-electron chi connectivity index (χ4n) is 1.24. The van der Waals surface area contributed by atoms with Crippen LogP contribution in [0.1, 0.15) is 46.0 Å². The molecule has 0 radical (unpaired) electrons. The Kier molecular flexibility index (Phi) is 2.69. The molecule has 2 heteroatoms. The molecule has 0 spiro atoms. The highest BCUT2D eigenvalue weighted by Crippen LogP contribution is 2.22. The summed E-state index contributed by atoms with van der Waals surface area (Å²) in [6.45, 7) is 4.46. The molecule has 1 rings (SSSR count). The number of hydrogen-bond acceptors (Lipinski definition) is 2. The van der Waals surface area contributed by atoms with Gasteiger partial charge >= 0.3 is 0 Å². The lowest BCUT2D eigenvalue weighted by Crippen LogP contribution is -2.15. The van der Waals surface area contributed by atoms with Crippen LogP contribution in [0.4, 0.5) is 0 Å². The lowest BCUT2D eigenvalue weighted by molar-refractivity contribution is 0.498. The molecule has 1 saturated heterocycles. The Bertz CT molecular complexity index is 97.4. The van der Waals surface area contributed by atoms with Crippen LogP contribution in [0, 0.1) is 0 Å². The van der Waals surface area contributed by atoms with Gasteiger partial charge < -0.3 is 0 Å². The molecule has 0 aromatic heterocycles. The molecule has 0 aromatic carbocycles. The maximum Gasteiger partial charge on any atom is 0.0940 e. The van der Waals surface area contributed by atoms with Gasteiger partial charge in [-0.05, 0) is 12.8 Å². The Morgan fingerprint density at radius 3 is 2.20 bits per heavy atom. The van der Waals surface area contributed by atoms with Crippen molar-refractivity contribution in [1.82, 2.24) is 10.9 Å². The highest BCUT2D eigenvalue weighted by molar-refractivity contribution is 4.92. The topological polar surface area (TPSA) is 43.9 Å². The van der Waals surface area contributed by atoms with Gasteiger partial charge in [0.2, 0.25) is 0 Å². The fraction of sp³-hybridized carbons (Fsp3) is 1.00. The molecular weight excluding hydrogens is 124 g/mol. The summed E-state index contributed by atoms with van der Waals surface area (Å²) >= 11 is 0. The van der Waals surface area contributed by atoms with Crippen LogP contribution in [0.5, 0.6) is 0 Å². The van der Waals surface area contributed by atoms with E-state index in [0.717, 1.165) is 0 Å². The Balaban J connectivity index is 2.01. The van der Waals surface area contributed by atoms with Gasteiger partial charge in [0, 0.05) is 0 Å². The van der Waals surface area contributed by atoms with Crippen molar-refractivity contribution in [3.05, 3.63) is 0 Å². The zero-order valence-corrected chi connectivity index (χ0v) is 7.04. The largest absolute Gasteiger partial charge is 0.235 e. The zero-order chi connectivity index (χ0) is 7.45. The Morgan fingerprint density at radius 2 is 1.80 bits per heavy atom. The highest BCUT2D eigenvalue weighted by Gasteiger charge is 2.38. The predicted octanol–water partition coefficient (Wildman–Crippen LogP) is 1.78. The van der Waals surface area contributed by atoms with Gasteiger partial charge in [-0.15, -0.1) is 0 Å². The molecule has 2 N–H and O–H groups in total. The molecule has 0 aromatic rings. The van der Waals surface area contributed by atoms with Gasteiger partial charge in [-0.25, -0.2) is 10.9 Å². The third kappa shape index (κ3) is 1.96. The minimum atomic E-state index is 0.342. The molecular formula is C8H18N2. The standard InChI is InChI=1S/C8H18N2/c1-3-5-6-7-8(4-2)9-10-8/h9-10H,3-7H2,1-2H3. The van der Waals surface area contributed by atoms with E-state index in [1.807, 2.05) is 0 Å². The van der Waals surface area contributed by atoms with Crippen LogP contribution in [0.25, 0.3) is 0 Å². The number of unbranched alkanes of at least 4 members (excludes halogenated alkanes) is 2. The Morgan fingerprint density at radius 1 is 1.10 bits per heavy atom. The first-order valence-corrected chi connectivity index (χ1v) is 4.37. The van der Waals surface area contributed by atoms with Gasteiger partial charge in [-0.2, -0.15) is 0 Å². The third-order valence-corrected chi connectivity index (χ3v) is 2.29. The molecule has 0 saturated carbocycles. The van der Waals surface area contributed by atoms with Crippen molar-refractivity contribution in [1.29, 1.82) is 0 Å². The average Bonchev–Trinajstić information content (AvgIpc) is 2.70. The van der Waals surface area contributed by atoms with Crippen LogP contribution in [-0.2, 0) is 0 Å². The summed E-state index contributed by atoms with van der Waals surface area (Å²) < 4.78 is 0. The number of rotatable bonds is 5. The van der Waals surface area contributed by atoms with Crippen molar-refractivity contribution in [3.8, 4) is 0 Å². The molecule has 0 bridgehead atoms. The second-order valence-corrected chi connectivity index (χ2v) is 3.14. The maximum atomic E-state index is 3.21. The van der Waals surface area contributed by atoms with Gasteiger partial charge in [0.15, 0.2) is 0 Å². The van der Waals surface area contributed by atoms with Gasteiger partial charge in [-0.3, -0.25) is 0 Å². The maximum absolute atomic E-state index is 3.21. The van der Waals surface area contributed by atoms with Gasteiger partial charge in [0.25, 0.3) is 0 Å². The number of hydrazine groups is 1. The SMILES string of the molecule is CCCCCC1(CC)NN1. The van der Waals surface area contributed by atoms with E-state index in [1.54, 1.807) is 0 Å². The zero-order valence-electron chi connectivity index (χ0n) is 7.04. The van der Waals surface area contributed by atoms with Crippen molar-refractivity contribution in [2.24, 2.45) is 0 Å². The van der Waals surface area contributed by atoms with Gasteiger partial charge in [-0.1, -0.05) is 33.1 Å². The van der Waals surface area contributed by atoms with Crippen LogP contribution in [-0.4, -0.2) is 5.66 Å². The summed E-state index contributed by atoms with van der Waals surface area (Å²) in [5.41, 5.74) is 6.76. The lowest BCUT2D eigenvalue weighted by Gasteiger charge is -2.06. The first-order valence-electron chi connectivity index (χ1n) is 4.37. The molecule has 10 heavy (non-hydrogen) atoms. The fourth-order valence-corrected chi connectivity index (χ4v) is 1.24. The molecule has 0 aliphatic carbocycles. The summed E-state index contributed by atoms with van der Waals surface area (Å²) in [5.74, 6) is 0. The first kappa shape index (κ1) is 8.02. The number of nitrogens with one attached hydrogen (secondary N) is 2. The summed E-state index contributed by atoms with van der Waals surface area (Å²) in [7, 11) is 0. The van der Waals surface area contributed by atoms with E-state index in [1.165, 1.54) is 32.1 Å². The molecule has 1 heterocycles. The van der Waals surface area contributed by atoms with E-state index >= 15 is 0 Å². The summed E-state index contributed by atoms with van der Waals surface area (Å²) in [4.78, 5) is 0. The minimum Gasteiger partial charge on any atom is -0.235 e. The van der Waals surface area contributed by atoms with Crippen molar-refractivity contribution >= 4 is 0 Å². The van der Waals surface area contributed by atoms with Crippen molar-refractivity contribution in [2.45, 2.75) is 51.6 Å². The smallest absolute Gasteiger partial charge is 0.0940 e. The summed E-state index contributed by atoms with van der Waals surface area (Å²) in [5, 5.41) is 0. The molecule has 0 atom stereocenters. The van der Waals surface area contributed by atoms with Crippen LogP contribution in [0.3, 0.4) is 0 Å². The Labute approximate surface area is 63.4 Å². The van der Waals surface area contributed by atoms with E-state index in [2.05, 4.69) is 24.7 Å². The molecule has 1 fully saturated rings. The normalized spacial score (nSPS) is 21.0. The van der Waals surface area contributed by atoms with Gasteiger partial charge in [0.05, 0.1) is 5.66 Å². The van der Waals surface area contributed by atoms with E-state index in [4.69, 9.17) is 0 Å². The third-order valence-electron chi connectivity index (χ3n) is 2.29. The first-order chi connectivity index (χ1) is 4.83. The van der Waals surface area contributed by atoms with Crippen molar-refractivity contribution in [3.63, 3.8) is 0 Å². The molecule has 1 aliphatic rings. The average molecular weight is 142 g/mol. The number of hydrogen-bond donors (Lipinski definition) is 2. The van der Waals surface area contributed by atoms with E-state index in [-0.39, 0.29) is 0 Å². The summed E-state index contributed by atoms with van der Waals surface area (Å²) in [6.07, 6.45) is 6.53. The van der Waals surface area contributed by atoms with E-state index in [0.29, 0.717) is 5.66 Å². The van der Waals surface area contributed by atoms with Crippen LogP contribution < -0.4 is 10.9 Å². The Hall–Kier alpha value is -0.0800. The highest BCUT2D eigenvalue weighted by atomic mass is 15.7. The minimum absolute atomic E-state index is 0.342. The molecule has 0 unspecified atom stereocenters. The van der Waals surface area contributed by atoms with E-state index < -0.39 is 0 Å². The van der Waals surface area contributed by atoms with Crippen molar-refractivity contribution in [2.75, 3.05) is 0 Å². The molecule has 0 amide bonds. The lowest BCUT2D eigenvalue weighted by atomic mass is 10.0. The van der Waals surface area contributed by atoms with Crippen LogP contribution in [0.2, 0.25) is 0 Å². The van der Waals surface area contributed by atoms with Crippen LogP contribution >= 0.6 is 0 Å². The second kappa shape index (κ2) is 3.35.